The van der Waals surface area contributed by atoms with E-state index in [4.69, 9.17) is 5.11 Å². The number of hydrogen-bond acceptors (Lipinski definition) is 5. The number of non-ortho nitro benzene ring substituents is 1. The SMILES string of the molecule is Cc1cc(N2CC(O)CC2C(=O)O)cc([N+](=O)[O-])c1. The topological polar surface area (TPSA) is 104 Å². The molecule has 102 valence electrons. The lowest BCUT2D eigenvalue weighted by atomic mass is 10.1. The van der Waals surface area contributed by atoms with Crippen LogP contribution >= 0.6 is 0 Å². The van der Waals surface area contributed by atoms with E-state index in [9.17, 15) is 20.0 Å². The summed E-state index contributed by atoms with van der Waals surface area (Å²) in [5.74, 6) is -1.04. The molecule has 0 aliphatic carbocycles. The molecular formula is C12H14N2O5. The largest absolute Gasteiger partial charge is 0.480 e. The second-order valence-corrected chi connectivity index (χ2v) is 4.68. The Morgan fingerprint density at radius 3 is 2.74 bits per heavy atom. The number of aryl methyl sites for hydroxylation is 1. The first-order valence-corrected chi connectivity index (χ1v) is 5.82. The van der Waals surface area contributed by atoms with Crippen LogP contribution in [0.1, 0.15) is 12.0 Å². The van der Waals surface area contributed by atoms with Gasteiger partial charge in [0, 0.05) is 30.8 Å². The lowest BCUT2D eigenvalue weighted by Crippen LogP contribution is -2.36. The van der Waals surface area contributed by atoms with Crippen LogP contribution in [0, 0.1) is 17.0 Å². The number of carbonyl (C=O) groups is 1. The Hall–Kier alpha value is -2.15. The van der Waals surface area contributed by atoms with Gasteiger partial charge in [0.2, 0.25) is 0 Å². The van der Waals surface area contributed by atoms with E-state index in [1.165, 1.54) is 17.0 Å². The second-order valence-electron chi connectivity index (χ2n) is 4.68. The number of β-amino-alcohol motifs (C(OH)–C–C–N with tert-alkyl or cyclic N) is 1. The van der Waals surface area contributed by atoms with E-state index in [0.717, 1.165) is 0 Å². The number of nitro groups is 1. The summed E-state index contributed by atoms with van der Waals surface area (Å²) >= 11 is 0. The fourth-order valence-corrected chi connectivity index (χ4v) is 2.35. The number of carboxylic acids is 1. The Bertz CT molecular complexity index is 531. The molecule has 1 aromatic rings. The van der Waals surface area contributed by atoms with Crippen molar-refractivity contribution in [1.29, 1.82) is 0 Å². The molecule has 0 radical (unpaired) electrons. The fraction of sp³-hybridized carbons (Fsp3) is 0.417. The van der Waals surface area contributed by atoms with Crippen LogP contribution in [0.25, 0.3) is 0 Å². The Balaban J connectivity index is 2.40. The first-order valence-electron chi connectivity index (χ1n) is 5.82. The number of nitro benzene ring substituents is 1. The highest BCUT2D eigenvalue weighted by Crippen LogP contribution is 2.30. The van der Waals surface area contributed by atoms with Crippen molar-refractivity contribution in [1.82, 2.24) is 0 Å². The van der Waals surface area contributed by atoms with E-state index in [2.05, 4.69) is 0 Å². The smallest absolute Gasteiger partial charge is 0.326 e. The highest BCUT2D eigenvalue weighted by atomic mass is 16.6. The molecule has 1 saturated heterocycles. The van der Waals surface area contributed by atoms with Gasteiger partial charge in [-0.25, -0.2) is 4.79 Å². The predicted octanol–water partition coefficient (Wildman–Crippen LogP) is 0.927. The summed E-state index contributed by atoms with van der Waals surface area (Å²) in [4.78, 5) is 22.9. The second kappa shape index (κ2) is 4.85. The van der Waals surface area contributed by atoms with Crippen LogP contribution in [0.15, 0.2) is 18.2 Å². The van der Waals surface area contributed by atoms with Gasteiger partial charge in [0.15, 0.2) is 0 Å². The molecule has 7 heteroatoms. The van der Waals surface area contributed by atoms with Gasteiger partial charge in [-0.05, 0) is 18.6 Å². The number of nitrogens with zero attached hydrogens (tertiary/aromatic N) is 2. The molecule has 0 spiro atoms. The van der Waals surface area contributed by atoms with E-state index in [-0.39, 0.29) is 18.7 Å². The van der Waals surface area contributed by atoms with Gasteiger partial charge in [-0.2, -0.15) is 0 Å². The van der Waals surface area contributed by atoms with Gasteiger partial charge < -0.3 is 15.1 Å². The zero-order chi connectivity index (χ0) is 14.2. The molecule has 0 saturated carbocycles. The van der Waals surface area contributed by atoms with Gasteiger partial charge in [0.25, 0.3) is 5.69 Å². The molecule has 19 heavy (non-hydrogen) atoms. The minimum atomic E-state index is -1.04. The van der Waals surface area contributed by atoms with Crippen LogP contribution < -0.4 is 4.90 Å². The average molecular weight is 266 g/mol. The lowest BCUT2D eigenvalue weighted by molar-refractivity contribution is -0.384. The molecule has 1 fully saturated rings. The zero-order valence-corrected chi connectivity index (χ0v) is 10.3. The van der Waals surface area contributed by atoms with Crippen molar-refractivity contribution >= 4 is 17.3 Å². The summed E-state index contributed by atoms with van der Waals surface area (Å²) in [5, 5.41) is 29.5. The van der Waals surface area contributed by atoms with Gasteiger partial charge in [0.1, 0.15) is 6.04 Å². The lowest BCUT2D eigenvalue weighted by Gasteiger charge is -2.23. The molecule has 1 aliphatic heterocycles. The maximum absolute atomic E-state index is 11.1. The first kappa shape index (κ1) is 13.3. The Morgan fingerprint density at radius 1 is 1.47 bits per heavy atom. The maximum Gasteiger partial charge on any atom is 0.326 e. The molecule has 0 amide bonds. The van der Waals surface area contributed by atoms with Gasteiger partial charge >= 0.3 is 5.97 Å². The first-order chi connectivity index (χ1) is 8.88. The van der Waals surface area contributed by atoms with Crippen molar-refractivity contribution in [2.45, 2.75) is 25.5 Å². The summed E-state index contributed by atoms with van der Waals surface area (Å²) in [6.45, 7) is 1.87. The van der Waals surface area contributed by atoms with Crippen LogP contribution in [0.4, 0.5) is 11.4 Å². The number of aliphatic carboxylic acids is 1. The summed E-state index contributed by atoms with van der Waals surface area (Å²) in [6, 6.07) is 3.59. The molecule has 2 unspecified atom stereocenters. The number of rotatable bonds is 3. The quantitative estimate of drug-likeness (QED) is 0.623. The molecule has 1 heterocycles. The van der Waals surface area contributed by atoms with E-state index in [0.29, 0.717) is 11.3 Å². The van der Waals surface area contributed by atoms with Gasteiger partial charge in [-0.15, -0.1) is 0 Å². The van der Waals surface area contributed by atoms with Crippen LogP contribution in [-0.2, 0) is 4.79 Å². The van der Waals surface area contributed by atoms with E-state index >= 15 is 0 Å². The van der Waals surface area contributed by atoms with Crippen molar-refractivity contribution in [2.24, 2.45) is 0 Å². The average Bonchev–Trinajstić information content (AvgIpc) is 2.70. The molecule has 7 nitrogen and oxygen atoms in total. The Morgan fingerprint density at radius 2 is 2.16 bits per heavy atom. The molecule has 1 aliphatic rings. The number of benzene rings is 1. The summed E-state index contributed by atoms with van der Waals surface area (Å²) in [7, 11) is 0. The zero-order valence-electron chi connectivity index (χ0n) is 10.3. The van der Waals surface area contributed by atoms with E-state index in [1.807, 2.05) is 0 Å². The number of aliphatic hydroxyl groups excluding tert-OH is 1. The third-order valence-electron chi connectivity index (χ3n) is 3.15. The van der Waals surface area contributed by atoms with Gasteiger partial charge in [-0.1, -0.05) is 0 Å². The van der Waals surface area contributed by atoms with Gasteiger partial charge in [0.05, 0.1) is 11.0 Å². The van der Waals surface area contributed by atoms with E-state index in [1.54, 1.807) is 13.0 Å². The van der Waals surface area contributed by atoms with Crippen molar-refractivity contribution in [3.8, 4) is 0 Å². The number of hydrogen-bond donors (Lipinski definition) is 2. The standard InChI is InChI=1S/C12H14N2O5/c1-7-2-8(4-9(3-7)14(18)19)13-6-10(15)5-11(13)12(16)17/h2-4,10-11,15H,5-6H2,1H3,(H,16,17). The molecule has 2 rings (SSSR count). The van der Waals surface area contributed by atoms with Crippen LogP contribution in [0.3, 0.4) is 0 Å². The van der Waals surface area contributed by atoms with Gasteiger partial charge in [-0.3, -0.25) is 10.1 Å². The molecule has 2 N–H and O–H groups in total. The Labute approximate surface area is 109 Å². The molecule has 0 bridgehead atoms. The van der Waals surface area contributed by atoms with Crippen LogP contribution in [0.5, 0.6) is 0 Å². The number of anilines is 1. The van der Waals surface area contributed by atoms with Crippen molar-refractivity contribution in [3.05, 3.63) is 33.9 Å². The third-order valence-corrected chi connectivity index (χ3v) is 3.15. The predicted molar refractivity (Wildman–Crippen MR) is 67.2 cm³/mol. The van der Waals surface area contributed by atoms with Crippen molar-refractivity contribution < 1.29 is 19.9 Å². The fourth-order valence-electron chi connectivity index (χ4n) is 2.35. The molecular weight excluding hydrogens is 252 g/mol. The van der Waals surface area contributed by atoms with Crippen molar-refractivity contribution in [3.63, 3.8) is 0 Å². The van der Waals surface area contributed by atoms with Crippen LogP contribution in [-0.4, -0.2) is 39.8 Å². The summed E-state index contributed by atoms with van der Waals surface area (Å²) in [5.41, 5.74) is 1.05. The minimum Gasteiger partial charge on any atom is -0.480 e. The molecule has 1 aromatic carbocycles. The van der Waals surface area contributed by atoms with Crippen LogP contribution in [0.2, 0.25) is 0 Å². The minimum absolute atomic E-state index is 0.0828. The number of carboxylic acid groups (broad SMARTS) is 1. The maximum atomic E-state index is 11.1. The third kappa shape index (κ3) is 2.65. The highest BCUT2D eigenvalue weighted by Gasteiger charge is 2.36. The number of aliphatic hydroxyl groups is 1. The Kier molecular flexibility index (Phi) is 3.39. The monoisotopic (exact) mass is 266 g/mol. The summed E-state index contributed by atoms with van der Waals surface area (Å²) in [6.07, 6.45) is -0.613. The van der Waals surface area contributed by atoms with E-state index < -0.39 is 23.0 Å². The molecule has 0 aromatic heterocycles. The molecule has 2 atom stereocenters. The highest BCUT2D eigenvalue weighted by molar-refractivity contribution is 5.79. The normalized spacial score (nSPS) is 22.5. The van der Waals surface area contributed by atoms with Crippen molar-refractivity contribution in [2.75, 3.05) is 11.4 Å². The summed E-state index contributed by atoms with van der Waals surface area (Å²) < 4.78 is 0.